The van der Waals surface area contributed by atoms with E-state index in [9.17, 15) is 9.90 Å². The number of carbonyl (C=O) groups is 1. The van der Waals surface area contributed by atoms with Crippen LogP contribution in [0.1, 0.15) is 32.3 Å². The van der Waals surface area contributed by atoms with Crippen molar-refractivity contribution in [3.05, 3.63) is 35.9 Å². The minimum Gasteiger partial charge on any atom is -0.389 e. The fraction of sp³-hybridized carbons (Fsp3) is 0.588. The van der Waals surface area contributed by atoms with Gasteiger partial charge in [0.15, 0.2) is 0 Å². The van der Waals surface area contributed by atoms with E-state index in [1.807, 2.05) is 42.1 Å². The van der Waals surface area contributed by atoms with Crippen LogP contribution < -0.4 is 5.32 Å². The Balaban J connectivity index is 1.94. The van der Waals surface area contributed by atoms with Gasteiger partial charge in [-0.2, -0.15) is 11.8 Å². The lowest BCUT2D eigenvalue weighted by molar-refractivity contribution is 0.0447. The highest BCUT2D eigenvalue weighted by molar-refractivity contribution is 8.00. The molecule has 0 radical (unpaired) electrons. The molecule has 1 atom stereocenters. The Morgan fingerprint density at radius 3 is 2.73 bits per heavy atom. The molecule has 22 heavy (non-hydrogen) atoms. The van der Waals surface area contributed by atoms with Crippen LogP contribution in [0.2, 0.25) is 0 Å². The predicted octanol–water partition coefficient (Wildman–Crippen LogP) is 2.86. The number of hydrogen-bond acceptors (Lipinski definition) is 3. The van der Waals surface area contributed by atoms with Crippen molar-refractivity contribution in [2.24, 2.45) is 0 Å². The molecule has 0 saturated carbocycles. The number of benzene rings is 1. The van der Waals surface area contributed by atoms with E-state index in [1.165, 1.54) is 18.6 Å². The van der Waals surface area contributed by atoms with Crippen LogP contribution >= 0.6 is 11.8 Å². The van der Waals surface area contributed by atoms with Crippen molar-refractivity contribution in [1.29, 1.82) is 0 Å². The number of nitrogens with zero attached hydrogens (tertiary/aromatic N) is 1. The number of amides is 2. The third-order valence-corrected chi connectivity index (χ3v) is 4.98. The Kier molecular flexibility index (Phi) is 6.15. The van der Waals surface area contributed by atoms with E-state index in [-0.39, 0.29) is 6.03 Å². The van der Waals surface area contributed by atoms with Gasteiger partial charge in [0.05, 0.1) is 12.1 Å². The van der Waals surface area contributed by atoms with Crippen molar-refractivity contribution < 1.29 is 9.90 Å². The monoisotopic (exact) mass is 322 g/mol. The van der Waals surface area contributed by atoms with Crippen LogP contribution in [0.5, 0.6) is 0 Å². The summed E-state index contributed by atoms with van der Waals surface area (Å²) in [6.45, 7) is 4.98. The van der Waals surface area contributed by atoms with E-state index in [0.717, 1.165) is 5.56 Å². The zero-order chi connectivity index (χ0) is 16.0. The predicted molar refractivity (Wildman–Crippen MR) is 92.0 cm³/mol. The van der Waals surface area contributed by atoms with Crippen LogP contribution in [0, 0.1) is 0 Å². The molecule has 0 unspecified atom stereocenters. The fourth-order valence-corrected chi connectivity index (χ4v) is 3.79. The van der Waals surface area contributed by atoms with Gasteiger partial charge in [0, 0.05) is 18.3 Å². The molecule has 2 amide bonds. The number of thioether (sulfide) groups is 1. The van der Waals surface area contributed by atoms with E-state index in [4.69, 9.17) is 0 Å². The molecule has 0 aliphatic carbocycles. The second-order valence-corrected chi connectivity index (χ2v) is 7.88. The summed E-state index contributed by atoms with van der Waals surface area (Å²) in [6, 6.07) is 9.78. The fourth-order valence-electron chi connectivity index (χ4n) is 2.59. The lowest BCUT2D eigenvalue weighted by Gasteiger charge is -2.29. The first-order chi connectivity index (χ1) is 10.4. The largest absolute Gasteiger partial charge is 0.389 e. The molecule has 0 spiro atoms. The number of hydrogen-bond donors (Lipinski definition) is 2. The van der Waals surface area contributed by atoms with Crippen molar-refractivity contribution in [1.82, 2.24) is 10.2 Å². The van der Waals surface area contributed by atoms with Gasteiger partial charge in [0.25, 0.3) is 0 Å². The second-order valence-electron chi connectivity index (χ2n) is 6.48. The topological polar surface area (TPSA) is 52.6 Å². The van der Waals surface area contributed by atoms with Crippen molar-refractivity contribution in [3.63, 3.8) is 0 Å². The maximum absolute atomic E-state index is 12.5. The average molecular weight is 322 g/mol. The van der Waals surface area contributed by atoms with Gasteiger partial charge in [-0.25, -0.2) is 4.79 Å². The molecule has 122 valence electrons. The highest BCUT2D eigenvalue weighted by Crippen LogP contribution is 2.25. The number of carbonyl (C=O) groups excluding carboxylic acids is 1. The Morgan fingerprint density at radius 1 is 1.41 bits per heavy atom. The maximum Gasteiger partial charge on any atom is 0.317 e. The number of urea groups is 1. The summed E-state index contributed by atoms with van der Waals surface area (Å²) in [5, 5.41) is 13.6. The van der Waals surface area contributed by atoms with Gasteiger partial charge < -0.3 is 15.3 Å². The highest BCUT2D eigenvalue weighted by Gasteiger charge is 2.24. The molecular formula is C17H26N2O2S. The summed E-state index contributed by atoms with van der Waals surface area (Å²) in [5.74, 6) is 1.19. The van der Waals surface area contributed by atoms with Crippen LogP contribution in [0.15, 0.2) is 30.3 Å². The molecule has 1 aromatic rings. The molecule has 1 aliphatic heterocycles. The summed E-state index contributed by atoms with van der Waals surface area (Å²) < 4.78 is 0. The van der Waals surface area contributed by atoms with Gasteiger partial charge in [0.1, 0.15) is 0 Å². The van der Waals surface area contributed by atoms with E-state index in [0.29, 0.717) is 24.9 Å². The normalized spacial score (nSPS) is 18.2. The Labute approximate surface area is 137 Å². The van der Waals surface area contributed by atoms with Crippen LogP contribution in [-0.4, -0.2) is 45.7 Å². The molecular weight excluding hydrogens is 296 g/mol. The summed E-state index contributed by atoms with van der Waals surface area (Å²) in [4.78, 5) is 14.2. The molecule has 5 heteroatoms. The highest BCUT2D eigenvalue weighted by atomic mass is 32.2. The zero-order valence-corrected chi connectivity index (χ0v) is 14.2. The zero-order valence-electron chi connectivity index (χ0n) is 13.4. The third kappa shape index (κ3) is 5.89. The number of nitrogens with one attached hydrogen (secondary N) is 1. The second kappa shape index (κ2) is 7.88. The van der Waals surface area contributed by atoms with Gasteiger partial charge in [-0.3, -0.25) is 0 Å². The average Bonchev–Trinajstić information content (AvgIpc) is 2.97. The quantitative estimate of drug-likeness (QED) is 0.847. The summed E-state index contributed by atoms with van der Waals surface area (Å²) in [7, 11) is 0. The molecule has 1 aliphatic rings. The molecule has 4 nitrogen and oxygen atoms in total. The standard InChI is InChI=1S/C17H26N2O2S/c1-17(2,21)13-19(12-14-7-4-3-5-8-14)16(20)18-11-15-9-6-10-22-15/h3-5,7-8,15,21H,6,9-13H2,1-2H3,(H,18,20)/t15-/m1/s1. The van der Waals surface area contributed by atoms with Crippen molar-refractivity contribution in [2.45, 2.75) is 44.1 Å². The first-order valence-corrected chi connectivity index (χ1v) is 8.89. The first kappa shape index (κ1) is 17.2. The molecule has 2 N–H and O–H groups in total. The van der Waals surface area contributed by atoms with Crippen LogP contribution in [-0.2, 0) is 6.54 Å². The Bertz CT molecular complexity index is 467. The van der Waals surface area contributed by atoms with Crippen molar-refractivity contribution in [3.8, 4) is 0 Å². The minimum atomic E-state index is -0.909. The Hall–Kier alpha value is -1.20. The summed E-state index contributed by atoms with van der Waals surface area (Å²) in [5.41, 5.74) is 0.158. The van der Waals surface area contributed by atoms with Crippen LogP contribution in [0.4, 0.5) is 4.79 Å². The molecule has 0 bridgehead atoms. The molecule has 1 heterocycles. The van der Waals surface area contributed by atoms with Crippen molar-refractivity contribution >= 4 is 17.8 Å². The number of aliphatic hydroxyl groups is 1. The maximum atomic E-state index is 12.5. The van der Waals surface area contributed by atoms with E-state index < -0.39 is 5.60 Å². The molecule has 1 saturated heterocycles. The Morgan fingerprint density at radius 2 is 2.14 bits per heavy atom. The van der Waals surface area contributed by atoms with Crippen molar-refractivity contribution in [2.75, 3.05) is 18.8 Å². The van der Waals surface area contributed by atoms with Gasteiger partial charge >= 0.3 is 6.03 Å². The lowest BCUT2D eigenvalue weighted by Crippen LogP contribution is -2.47. The minimum absolute atomic E-state index is 0.0986. The number of rotatable bonds is 6. The van der Waals surface area contributed by atoms with Crippen LogP contribution in [0.25, 0.3) is 0 Å². The molecule has 0 aromatic heterocycles. The summed E-state index contributed by atoms with van der Waals surface area (Å²) in [6.07, 6.45) is 2.41. The molecule has 1 aromatic carbocycles. The smallest absolute Gasteiger partial charge is 0.317 e. The molecule has 1 fully saturated rings. The van der Waals surface area contributed by atoms with Gasteiger partial charge in [-0.05, 0) is 38.0 Å². The van der Waals surface area contributed by atoms with E-state index in [2.05, 4.69) is 5.32 Å². The molecule has 2 rings (SSSR count). The van der Waals surface area contributed by atoms with Gasteiger partial charge in [0.2, 0.25) is 0 Å². The lowest BCUT2D eigenvalue weighted by atomic mass is 10.1. The SMILES string of the molecule is CC(C)(O)CN(Cc1ccccc1)C(=O)NC[C@H]1CCCS1. The first-order valence-electron chi connectivity index (χ1n) is 7.85. The third-order valence-electron chi connectivity index (χ3n) is 3.59. The van der Waals surface area contributed by atoms with E-state index >= 15 is 0 Å². The van der Waals surface area contributed by atoms with Gasteiger partial charge in [-0.15, -0.1) is 0 Å². The summed E-state index contributed by atoms with van der Waals surface area (Å²) >= 11 is 1.93. The van der Waals surface area contributed by atoms with Gasteiger partial charge in [-0.1, -0.05) is 30.3 Å². The van der Waals surface area contributed by atoms with Crippen LogP contribution in [0.3, 0.4) is 0 Å². The van der Waals surface area contributed by atoms with E-state index in [1.54, 1.807) is 18.7 Å².